The quantitative estimate of drug-likeness (QED) is 0.864. The Morgan fingerprint density at radius 3 is 3.00 bits per heavy atom. The van der Waals surface area contributed by atoms with Gasteiger partial charge in [-0.1, -0.05) is 22.4 Å². The third-order valence-electron chi connectivity index (χ3n) is 3.79. The second-order valence-corrected chi connectivity index (χ2v) is 7.05. The van der Waals surface area contributed by atoms with Crippen molar-refractivity contribution in [2.75, 3.05) is 13.4 Å². The molecule has 4 heteroatoms. The summed E-state index contributed by atoms with van der Waals surface area (Å²) >= 11 is 5.62. The Bertz CT molecular complexity index is 413. The van der Waals surface area contributed by atoms with Crippen molar-refractivity contribution in [3.05, 3.63) is 28.2 Å². The molecule has 0 heterocycles. The molecule has 2 unspecified atom stereocenters. The predicted molar refractivity (Wildman–Crippen MR) is 87.1 cm³/mol. The fraction of sp³-hybridized carbons (Fsp3) is 0.600. The molecule has 1 N–H and O–H groups in total. The van der Waals surface area contributed by atoms with Crippen LogP contribution in [0.15, 0.2) is 22.7 Å². The first kappa shape index (κ1) is 15.2. The Labute approximate surface area is 128 Å². The van der Waals surface area contributed by atoms with Gasteiger partial charge in [-0.15, -0.1) is 0 Å². The molecule has 0 spiro atoms. The highest BCUT2D eigenvalue weighted by atomic mass is 79.9. The van der Waals surface area contributed by atoms with Crippen molar-refractivity contribution in [2.24, 2.45) is 0 Å². The third kappa shape index (κ3) is 4.40. The highest BCUT2D eigenvalue weighted by Gasteiger charge is 2.20. The molecule has 0 bridgehead atoms. The number of rotatable bonds is 5. The van der Waals surface area contributed by atoms with E-state index in [2.05, 4.69) is 39.6 Å². The maximum atomic E-state index is 5.28. The number of halogens is 1. The Hall–Kier alpha value is -0.190. The lowest BCUT2D eigenvalue weighted by Crippen LogP contribution is -2.34. The number of ether oxygens (including phenoxy) is 1. The van der Waals surface area contributed by atoms with Crippen LogP contribution in [0.3, 0.4) is 0 Å². The third-order valence-corrected chi connectivity index (χ3v) is 5.66. The lowest BCUT2D eigenvalue weighted by atomic mass is 9.95. The smallest absolute Gasteiger partial charge is 0.119 e. The minimum Gasteiger partial charge on any atom is -0.497 e. The van der Waals surface area contributed by atoms with Crippen LogP contribution in [0.25, 0.3) is 0 Å². The molecule has 0 radical (unpaired) electrons. The van der Waals surface area contributed by atoms with E-state index in [0.29, 0.717) is 6.04 Å². The Kier molecular flexibility index (Phi) is 6.05. The monoisotopic (exact) mass is 343 g/mol. The molecular formula is C15H22BrNOS. The molecule has 1 aromatic carbocycles. The summed E-state index contributed by atoms with van der Waals surface area (Å²) in [5.41, 5.74) is 1.27. The lowest BCUT2D eigenvalue weighted by Gasteiger charge is -2.29. The van der Waals surface area contributed by atoms with Gasteiger partial charge >= 0.3 is 0 Å². The summed E-state index contributed by atoms with van der Waals surface area (Å²) in [7, 11) is 1.71. The zero-order valence-electron chi connectivity index (χ0n) is 11.6. The van der Waals surface area contributed by atoms with Crippen molar-refractivity contribution in [3.63, 3.8) is 0 Å². The van der Waals surface area contributed by atoms with Gasteiger partial charge in [-0.05, 0) is 49.3 Å². The van der Waals surface area contributed by atoms with Gasteiger partial charge in [-0.25, -0.2) is 0 Å². The van der Waals surface area contributed by atoms with E-state index in [4.69, 9.17) is 4.74 Å². The van der Waals surface area contributed by atoms with Gasteiger partial charge in [-0.3, -0.25) is 0 Å². The molecular weight excluding hydrogens is 322 g/mol. The normalized spacial score (nSPS) is 23.3. The number of thioether (sulfide) groups is 1. The van der Waals surface area contributed by atoms with Crippen molar-refractivity contribution in [2.45, 2.75) is 43.5 Å². The van der Waals surface area contributed by atoms with Gasteiger partial charge in [-0.2, -0.15) is 11.8 Å². The number of benzene rings is 1. The first-order valence-corrected chi connectivity index (χ1v) is 8.89. The molecule has 1 saturated carbocycles. The maximum Gasteiger partial charge on any atom is 0.119 e. The molecule has 0 aliphatic heterocycles. The van der Waals surface area contributed by atoms with Crippen molar-refractivity contribution < 1.29 is 4.74 Å². The molecule has 2 rings (SSSR count). The van der Waals surface area contributed by atoms with Crippen LogP contribution >= 0.6 is 27.7 Å². The van der Waals surface area contributed by atoms with Gasteiger partial charge in [0.1, 0.15) is 5.75 Å². The number of hydrogen-bond acceptors (Lipinski definition) is 3. The highest BCUT2D eigenvalue weighted by Crippen LogP contribution is 2.28. The van der Waals surface area contributed by atoms with Crippen molar-refractivity contribution in [1.82, 2.24) is 5.32 Å². The van der Waals surface area contributed by atoms with Crippen molar-refractivity contribution in [3.8, 4) is 5.75 Å². The van der Waals surface area contributed by atoms with Crippen LogP contribution in [0.5, 0.6) is 5.75 Å². The van der Waals surface area contributed by atoms with Gasteiger partial charge in [0, 0.05) is 22.3 Å². The van der Waals surface area contributed by atoms with Gasteiger partial charge in [0.2, 0.25) is 0 Å². The SMILES string of the molecule is COc1ccc(Br)c(CNC2CCCC(SC)C2)c1. The topological polar surface area (TPSA) is 21.3 Å². The summed E-state index contributed by atoms with van der Waals surface area (Å²) in [6, 6.07) is 6.80. The van der Waals surface area contributed by atoms with Crippen LogP contribution in [0.1, 0.15) is 31.2 Å². The van der Waals surface area contributed by atoms with Crippen LogP contribution in [-0.2, 0) is 6.54 Å². The average molecular weight is 344 g/mol. The van der Waals surface area contributed by atoms with Gasteiger partial charge < -0.3 is 10.1 Å². The van der Waals surface area contributed by atoms with Gasteiger partial charge in [0.15, 0.2) is 0 Å². The van der Waals surface area contributed by atoms with Gasteiger partial charge in [0.05, 0.1) is 7.11 Å². The van der Waals surface area contributed by atoms with Crippen molar-refractivity contribution in [1.29, 1.82) is 0 Å². The predicted octanol–water partition coefficient (Wildman–Crippen LogP) is 4.22. The second-order valence-electron chi connectivity index (χ2n) is 5.06. The maximum absolute atomic E-state index is 5.28. The summed E-state index contributed by atoms with van der Waals surface area (Å²) in [5.74, 6) is 0.922. The van der Waals surface area contributed by atoms with Crippen molar-refractivity contribution >= 4 is 27.7 Å². The van der Waals surface area contributed by atoms with Crippen LogP contribution in [-0.4, -0.2) is 24.7 Å². The number of methoxy groups -OCH3 is 1. The molecule has 106 valence electrons. The Balaban J connectivity index is 1.91. The molecule has 2 nitrogen and oxygen atoms in total. The van der Waals surface area contributed by atoms with E-state index in [1.165, 1.54) is 31.2 Å². The standard InChI is InChI=1S/C15H22BrNOS/c1-18-13-6-7-15(16)11(8-13)10-17-12-4-3-5-14(9-12)19-2/h6-8,12,14,17H,3-5,9-10H2,1-2H3. The summed E-state index contributed by atoms with van der Waals surface area (Å²) in [4.78, 5) is 0. The van der Waals surface area contributed by atoms with Crippen LogP contribution < -0.4 is 10.1 Å². The van der Waals surface area contributed by atoms with E-state index >= 15 is 0 Å². The first-order chi connectivity index (χ1) is 9.22. The van der Waals surface area contributed by atoms with E-state index in [-0.39, 0.29) is 0 Å². The van der Waals surface area contributed by atoms with E-state index < -0.39 is 0 Å². The second kappa shape index (κ2) is 7.55. The Morgan fingerprint density at radius 1 is 1.42 bits per heavy atom. The molecule has 1 aliphatic rings. The average Bonchev–Trinajstić information content (AvgIpc) is 2.46. The zero-order valence-corrected chi connectivity index (χ0v) is 14.0. The fourth-order valence-electron chi connectivity index (χ4n) is 2.61. The molecule has 0 amide bonds. The van der Waals surface area contributed by atoms with E-state index in [1.807, 2.05) is 17.8 Å². The summed E-state index contributed by atoms with van der Waals surface area (Å²) in [6.07, 6.45) is 7.55. The molecule has 2 atom stereocenters. The Morgan fingerprint density at radius 2 is 2.26 bits per heavy atom. The molecule has 0 saturated heterocycles. The molecule has 1 aromatic rings. The number of hydrogen-bond donors (Lipinski definition) is 1. The summed E-state index contributed by atoms with van der Waals surface area (Å²) in [5, 5.41) is 4.53. The molecule has 1 aliphatic carbocycles. The fourth-order valence-corrected chi connectivity index (χ4v) is 3.83. The number of nitrogens with one attached hydrogen (secondary N) is 1. The van der Waals surface area contributed by atoms with E-state index in [1.54, 1.807) is 7.11 Å². The van der Waals surface area contributed by atoms with Crippen LogP contribution in [0.2, 0.25) is 0 Å². The highest BCUT2D eigenvalue weighted by molar-refractivity contribution is 9.10. The minimum atomic E-state index is 0.657. The van der Waals surface area contributed by atoms with Crippen LogP contribution in [0.4, 0.5) is 0 Å². The van der Waals surface area contributed by atoms with Crippen LogP contribution in [0, 0.1) is 0 Å². The summed E-state index contributed by atoms with van der Waals surface area (Å²) < 4.78 is 6.44. The van der Waals surface area contributed by atoms with E-state index in [0.717, 1.165) is 22.0 Å². The zero-order chi connectivity index (χ0) is 13.7. The molecule has 0 aromatic heterocycles. The molecule has 1 fully saturated rings. The largest absolute Gasteiger partial charge is 0.497 e. The van der Waals surface area contributed by atoms with E-state index in [9.17, 15) is 0 Å². The minimum absolute atomic E-state index is 0.657. The summed E-state index contributed by atoms with van der Waals surface area (Å²) in [6.45, 7) is 0.906. The van der Waals surface area contributed by atoms with Gasteiger partial charge in [0.25, 0.3) is 0 Å². The lowest BCUT2D eigenvalue weighted by molar-refractivity contribution is 0.378. The molecule has 19 heavy (non-hydrogen) atoms. The first-order valence-electron chi connectivity index (χ1n) is 6.81.